The molecule has 2 rings (SSSR count). The molecule has 0 amide bonds. The number of hydrogen-bond acceptors (Lipinski definition) is 4. The topological polar surface area (TPSA) is 53.0 Å². The van der Waals surface area contributed by atoms with Gasteiger partial charge in [0, 0.05) is 23.3 Å². The van der Waals surface area contributed by atoms with Crippen molar-refractivity contribution in [3.8, 4) is 10.6 Å². The van der Waals surface area contributed by atoms with Crippen LogP contribution in [-0.2, 0) is 11.2 Å². The van der Waals surface area contributed by atoms with Crippen LogP contribution >= 0.6 is 11.3 Å². The molecule has 1 heterocycles. The van der Waals surface area contributed by atoms with E-state index < -0.39 is 5.97 Å². The third kappa shape index (κ3) is 3.42. The molecular weight excluding hydrogens is 233 g/mol. The SMILES string of the molecule is O=C([O-])Cc1csc(-c2ccccc2)n1.[Na+]. The zero-order valence-corrected chi connectivity index (χ0v) is 11.7. The summed E-state index contributed by atoms with van der Waals surface area (Å²) in [5.41, 5.74) is 1.56. The van der Waals surface area contributed by atoms with Crippen molar-refractivity contribution >= 4 is 17.3 Å². The molecule has 0 saturated heterocycles. The fourth-order valence-electron chi connectivity index (χ4n) is 1.25. The van der Waals surface area contributed by atoms with Crippen LogP contribution in [0.25, 0.3) is 10.6 Å². The van der Waals surface area contributed by atoms with Gasteiger partial charge in [0.2, 0.25) is 0 Å². The monoisotopic (exact) mass is 241 g/mol. The zero-order chi connectivity index (χ0) is 10.7. The second-order valence-corrected chi connectivity index (χ2v) is 3.92. The molecule has 0 aliphatic rings. The number of aromatic nitrogens is 1. The molecule has 2 aromatic rings. The number of carboxylic acids is 1. The van der Waals surface area contributed by atoms with Gasteiger partial charge >= 0.3 is 29.6 Å². The molecule has 0 radical (unpaired) electrons. The molecule has 76 valence electrons. The van der Waals surface area contributed by atoms with Crippen LogP contribution in [0, 0.1) is 0 Å². The summed E-state index contributed by atoms with van der Waals surface area (Å²) in [4.78, 5) is 14.6. The van der Waals surface area contributed by atoms with Gasteiger partial charge < -0.3 is 9.90 Å². The van der Waals surface area contributed by atoms with Crippen LogP contribution in [0.4, 0.5) is 0 Å². The number of carbonyl (C=O) groups excluding carboxylic acids is 1. The molecule has 0 bridgehead atoms. The fraction of sp³-hybridized carbons (Fsp3) is 0.0909. The van der Waals surface area contributed by atoms with Gasteiger partial charge in [-0.1, -0.05) is 30.3 Å². The van der Waals surface area contributed by atoms with Crippen molar-refractivity contribution < 1.29 is 39.5 Å². The van der Waals surface area contributed by atoms with Crippen LogP contribution < -0.4 is 34.7 Å². The third-order valence-corrected chi connectivity index (χ3v) is 2.84. The van der Waals surface area contributed by atoms with E-state index in [2.05, 4.69) is 4.98 Å². The average Bonchev–Trinajstić information content (AvgIpc) is 2.67. The number of benzene rings is 1. The number of nitrogens with zero attached hydrogens (tertiary/aromatic N) is 1. The number of carbonyl (C=O) groups is 1. The molecule has 0 aliphatic carbocycles. The second-order valence-electron chi connectivity index (χ2n) is 3.06. The number of carboxylic acid groups (broad SMARTS) is 1. The van der Waals surface area contributed by atoms with Gasteiger partial charge in [-0.05, 0) is 0 Å². The normalized spacial score (nSPS) is 9.50. The molecule has 0 saturated carbocycles. The van der Waals surface area contributed by atoms with Gasteiger partial charge in [0.1, 0.15) is 5.01 Å². The Balaban J connectivity index is 0.00000128. The summed E-state index contributed by atoms with van der Waals surface area (Å²) >= 11 is 1.44. The van der Waals surface area contributed by atoms with Crippen molar-refractivity contribution in [2.24, 2.45) is 0 Å². The molecule has 0 atom stereocenters. The second kappa shape index (κ2) is 6.15. The van der Waals surface area contributed by atoms with Crippen LogP contribution in [0.1, 0.15) is 5.69 Å². The third-order valence-electron chi connectivity index (χ3n) is 1.90. The van der Waals surface area contributed by atoms with Gasteiger partial charge in [-0.15, -0.1) is 11.3 Å². The number of aliphatic carboxylic acids is 1. The van der Waals surface area contributed by atoms with E-state index in [-0.39, 0.29) is 36.0 Å². The van der Waals surface area contributed by atoms with Crippen molar-refractivity contribution in [3.05, 3.63) is 41.4 Å². The quantitative estimate of drug-likeness (QED) is 0.590. The molecule has 16 heavy (non-hydrogen) atoms. The maximum absolute atomic E-state index is 10.4. The molecule has 0 unspecified atom stereocenters. The van der Waals surface area contributed by atoms with E-state index in [1.54, 1.807) is 5.38 Å². The Morgan fingerprint density at radius 1 is 1.31 bits per heavy atom. The Morgan fingerprint density at radius 3 is 2.62 bits per heavy atom. The zero-order valence-electron chi connectivity index (χ0n) is 8.84. The van der Waals surface area contributed by atoms with E-state index in [1.807, 2.05) is 30.3 Å². The van der Waals surface area contributed by atoms with Gasteiger partial charge in [-0.25, -0.2) is 4.98 Å². The number of rotatable bonds is 3. The van der Waals surface area contributed by atoms with E-state index in [0.717, 1.165) is 10.6 Å². The van der Waals surface area contributed by atoms with E-state index in [9.17, 15) is 9.90 Å². The Kier molecular flexibility index (Phi) is 5.15. The van der Waals surface area contributed by atoms with Crippen molar-refractivity contribution in [1.29, 1.82) is 0 Å². The Bertz CT molecular complexity index is 470. The Labute approximate surface area is 119 Å². The summed E-state index contributed by atoms with van der Waals surface area (Å²) in [6, 6.07) is 9.67. The first-order valence-corrected chi connectivity index (χ1v) is 5.33. The molecule has 1 aromatic carbocycles. The Morgan fingerprint density at radius 2 is 2.00 bits per heavy atom. The molecule has 3 nitrogen and oxygen atoms in total. The summed E-state index contributed by atoms with van der Waals surface area (Å²) in [5.74, 6) is -1.10. The minimum atomic E-state index is -1.10. The van der Waals surface area contributed by atoms with Crippen LogP contribution in [-0.4, -0.2) is 11.0 Å². The number of hydrogen-bond donors (Lipinski definition) is 0. The Hall–Kier alpha value is -0.680. The predicted octanol–water partition coefficient (Wildman–Crippen LogP) is -1.89. The molecule has 0 N–H and O–H groups in total. The minimum Gasteiger partial charge on any atom is -0.550 e. The van der Waals surface area contributed by atoms with E-state index in [0.29, 0.717) is 5.69 Å². The van der Waals surface area contributed by atoms with E-state index >= 15 is 0 Å². The standard InChI is InChI=1S/C11H9NO2S.Na/c13-10(14)6-9-7-15-11(12-9)8-4-2-1-3-5-8;/h1-5,7H,6H2,(H,13,14);/q;+1/p-1. The molecule has 0 spiro atoms. The van der Waals surface area contributed by atoms with Crippen LogP contribution in [0.2, 0.25) is 0 Å². The molecule has 0 aliphatic heterocycles. The molecule has 0 fully saturated rings. The molecule has 5 heteroatoms. The first-order chi connectivity index (χ1) is 7.25. The summed E-state index contributed by atoms with van der Waals surface area (Å²) in [6.45, 7) is 0. The van der Waals surface area contributed by atoms with Gasteiger partial charge in [0.15, 0.2) is 0 Å². The summed E-state index contributed by atoms with van der Waals surface area (Å²) in [7, 11) is 0. The molecule has 1 aromatic heterocycles. The first kappa shape index (κ1) is 13.4. The first-order valence-electron chi connectivity index (χ1n) is 4.45. The predicted molar refractivity (Wildman–Crippen MR) is 56.3 cm³/mol. The van der Waals surface area contributed by atoms with Crippen LogP contribution in [0.15, 0.2) is 35.7 Å². The van der Waals surface area contributed by atoms with Crippen molar-refractivity contribution in [2.45, 2.75) is 6.42 Å². The van der Waals surface area contributed by atoms with Crippen LogP contribution in [0.5, 0.6) is 0 Å². The van der Waals surface area contributed by atoms with Gasteiger partial charge in [-0.2, -0.15) is 0 Å². The maximum atomic E-state index is 10.4. The van der Waals surface area contributed by atoms with Gasteiger partial charge in [-0.3, -0.25) is 0 Å². The average molecular weight is 241 g/mol. The molecular formula is C11H8NNaO2S. The van der Waals surface area contributed by atoms with E-state index in [4.69, 9.17) is 0 Å². The van der Waals surface area contributed by atoms with Crippen molar-refractivity contribution in [1.82, 2.24) is 4.98 Å². The smallest absolute Gasteiger partial charge is 0.550 e. The largest absolute Gasteiger partial charge is 1.00 e. The van der Waals surface area contributed by atoms with Gasteiger partial charge in [0.25, 0.3) is 0 Å². The van der Waals surface area contributed by atoms with Crippen molar-refractivity contribution in [2.75, 3.05) is 0 Å². The fourth-order valence-corrected chi connectivity index (χ4v) is 2.08. The van der Waals surface area contributed by atoms with Crippen LogP contribution in [0.3, 0.4) is 0 Å². The summed E-state index contributed by atoms with van der Waals surface area (Å²) < 4.78 is 0. The van der Waals surface area contributed by atoms with E-state index in [1.165, 1.54) is 11.3 Å². The van der Waals surface area contributed by atoms with Crippen molar-refractivity contribution in [3.63, 3.8) is 0 Å². The number of thiazole rings is 1. The van der Waals surface area contributed by atoms with Gasteiger partial charge in [0.05, 0.1) is 5.69 Å². The summed E-state index contributed by atoms with van der Waals surface area (Å²) in [5, 5.41) is 13.0. The summed E-state index contributed by atoms with van der Waals surface area (Å²) in [6.07, 6.45) is -0.122. The maximum Gasteiger partial charge on any atom is 1.00 e. The minimum absolute atomic E-state index is 0.